The number of rotatable bonds is 3. The molecule has 0 bridgehead atoms. The fourth-order valence-electron chi connectivity index (χ4n) is 1.31. The van der Waals surface area contributed by atoms with Gasteiger partial charge in [0, 0.05) is 17.0 Å². The van der Waals surface area contributed by atoms with Crippen LogP contribution in [0.1, 0.15) is 36.2 Å². The van der Waals surface area contributed by atoms with Crippen molar-refractivity contribution in [3.63, 3.8) is 0 Å². The number of halogens is 1. The van der Waals surface area contributed by atoms with Crippen LogP contribution in [-0.4, -0.2) is 5.78 Å². The van der Waals surface area contributed by atoms with E-state index in [-0.39, 0.29) is 5.78 Å². The number of Topliss-reactive ketones (excluding diaryl/α,β-unsaturated/α-hetero) is 1. The van der Waals surface area contributed by atoms with Crippen LogP contribution in [0.25, 0.3) is 0 Å². The standard InChI is InChI=1S/C12H15ClO/c1-8(2)6-12(14)10-4-5-11(13)9(3)7-10/h4-5,7-8H,6H2,1-3H3. The fraction of sp³-hybridized carbons (Fsp3) is 0.417. The molecule has 1 aromatic carbocycles. The van der Waals surface area contributed by atoms with Gasteiger partial charge in [0.15, 0.2) is 5.78 Å². The minimum absolute atomic E-state index is 0.194. The van der Waals surface area contributed by atoms with Gasteiger partial charge in [0.25, 0.3) is 0 Å². The van der Waals surface area contributed by atoms with E-state index in [0.29, 0.717) is 17.4 Å². The van der Waals surface area contributed by atoms with E-state index in [1.165, 1.54) is 0 Å². The molecule has 0 spiro atoms. The summed E-state index contributed by atoms with van der Waals surface area (Å²) in [6.07, 6.45) is 0.598. The third kappa shape index (κ3) is 2.85. The summed E-state index contributed by atoms with van der Waals surface area (Å²) in [7, 11) is 0. The van der Waals surface area contributed by atoms with Gasteiger partial charge >= 0.3 is 0 Å². The SMILES string of the molecule is Cc1cc(C(=O)CC(C)C)ccc1Cl. The van der Waals surface area contributed by atoms with E-state index in [4.69, 9.17) is 11.6 Å². The Morgan fingerprint density at radius 3 is 2.57 bits per heavy atom. The highest BCUT2D eigenvalue weighted by atomic mass is 35.5. The van der Waals surface area contributed by atoms with E-state index < -0.39 is 0 Å². The first-order valence-corrected chi connectivity index (χ1v) is 5.18. The normalized spacial score (nSPS) is 10.6. The molecule has 0 fully saturated rings. The minimum atomic E-state index is 0.194. The van der Waals surface area contributed by atoms with Crippen molar-refractivity contribution >= 4 is 17.4 Å². The van der Waals surface area contributed by atoms with Crippen LogP contribution in [-0.2, 0) is 0 Å². The average Bonchev–Trinajstić information content (AvgIpc) is 2.08. The Hall–Kier alpha value is -0.820. The molecule has 0 saturated heterocycles. The molecule has 1 aromatic rings. The highest BCUT2D eigenvalue weighted by Crippen LogP contribution is 2.18. The second kappa shape index (κ2) is 4.61. The molecule has 1 nitrogen and oxygen atoms in total. The molecule has 0 aromatic heterocycles. The van der Waals surface area contributed by atoms with Crippen LogP contribution in [0.3, 0.4) is 0 Å². The Bertz CT molecular complexity index is 342. The van der Waals surface area contributed by atoms with E-state index in [2.05, 4.69) is 0 Å². The van der Waals surface area contributed by atoms with E-state index in [0.717, 1.165) is 11.1 Å². The lowest BCUT2D eigenvalue weighted by Gasteiger charge is -2.05. The molecule has 0 amide bonds. The van der Waals surface area contributed by atoms with Crippen molar-refractivity contribution in [3.05, 3.63) is 34.3 Å². The van der Waals surface area contributed by atoms with Crippen LogP contribution < -0.4 is 0 Å². The van der Waals surface area contributed by atoms with Gasteiger partial charge in [-0.25, -0.2) is 0 Å². The fourth-order valence-corrected chi connectivity index (χ4v) is 1.42. The van der Waals surface area contributed by atoms with Crippen molar-refractivity contribution in [2.75, 3.05) is 0 Å². The lowest BCUT2D eigenvalue weighted by Crippen LogP contribution is -2.03. The van der Waals surface area contributed by atoms with Crippen LogP contribution >= 0.6 is 11.6 Å². The molecule has 0 heterocycles. The maximum Gasteiger partial charge on any atom is 0.163 e. The first-order chi connectivity index (χ1) is 6.50. The summed E-state index contributed by atoms with van der Waals surface area (Å²) in [5, 5.41) is 0.714. The summed E-state index contributed by atoms with van der Waals surface area (Å²) in [6, 6.07) is 5.43. The molecule has 0 aliphatic rings. The number of aryl methyl sites for hydroxylation is 1. The summed E-state index contributed by atoms with van der Waals surface area (Å²) in [5.74, 6) is 0.596. The number of carbonyl (C=O) groups is 1. The van der Waals surface area contributed by atoms with Crippen molar-refractivity contribution in [1.82, 2.24) is 0 Å². The predicted molar refractivity (Wildman–Crippen MR) is 60.0 cm³/mol. The molecular weight excluding hydrogens is 196 g/mol. The van der Waals surface area contributed by atoms with Gasteiger partial charge in [0.2, 0.25) is 0 Å². The smallest absolute Gasteiger partial charge is 0.163 e. The van der Waals surface area contributed by atoms with E-state index in [1.54, 1.807) is 12.1 Å². The highest BCUT2D eigenvalue weighted by Gasteiger charge is 2.08. The number of hydrogen-bond acceptors (Lipinski definition) is 1. The maximum atomic E-state index is 11.7. The van der Waals surface area contributed by atoms with Gasteiger partial charge in [-0.3, -0.25) is 4.79 Å². The van der Waals surface area contributed by atoms with Gasteiger partial charge in [-0.1, -0.05) is 25.4 Å². The first kappa shape index (κ1) is 11.3. The van der Waals surface area contributed by atoms with Crippen LogP contribution in [0, 0.1) is 12.8 Å². The Morgan fingerprint density at radius 1 is 1.43 bits per heavy atom. The number of ketones is 1. The molecule has 0 atom stereocenters. The van der Waals surface area contributed by atoms with Gasteiger partial charge in [-0.05, 0) is 36.6 Å². The second-order valence-electron chi connectivity index (χ2n) is 3.99. The maximum absolute atomic E-state index is 11.7. The molecule has 0 unspecified atom stereocenters. The lowest BCUT2D eigenvalue weighted by molar-refractivity contribution is 0.0968. The molecule has 0 radical (unpaired) electrons. The Kier molecular flexibility index (Phi) is 3.70. The molecular formula is C12H15ClO. The molecule has 76 valence electrons. The second-order valence-corrected chi connectivity index (χ2v) is 4.39. The van der Waals surface area contributed by atoms with Crippen LogP contribution in [0.2, 0.25) is 5.02 Å². The summed E-state index contributed by atoms with van der Waals surface area (Å²) in [5.41, 5.74) is 1.72. The molecule has 14 heavy (non-hydrogen) atoms. The quantitative estimate of drug-likeness (QED) is 0.692. The molecule has 0 aliphatic carbocycles. The predicted octanol–water partition coefficient (Wildman–Crippen LogP) is 3.88. The molecule has 0 N–H and O–H groups in total. The third-order valence-corrected chi connectivity index (χ3v) is 2.50. The van der Waals surface area contributed by atoms with Crippen molar-refractivity contribution in [1.29, 1.82) is 0 Å². The zero-order chi connectivity index (χ0) is 10.7. The summed E-state index contributed by atoms with van der Waals surface area (Å²) in [4.78, 5) is 11.7. The monoisotopic (exact) mass is 210 g/mol. The largest absolute Gasteiger partial charge is 0.294 e. The first-order valence-electron chi connectivity index (χ1n) is 4.80. The van der Waals surface area contributed by atoms with E-state index >= 15 is 0 Å². The van der Waals surface area contributed by atoms with Crippen LogP contribution in [0.15, 0.2) is 18.2 Å². The van der Waals surface area contributed by atoms with Gasteiger partial charge in [-0.2, -0.15) is 0 Å². The minimum Gasteiger partial charge on any atom is -0.294 e. The molecule has 2 heteroatoms. The summed E-state index contributed by atoms with van der Waals surface area (Å²) in [6.45, 7) is 6.00. The van der Waals surface area contributed by atoms with Crippen molar-refractivity contribution in [2.45, 2.75) is 27.2 Å². The molecule has 0 aliphatic heterocycles. The van der Waals surface area contributed by atoms with Gasteiger partial charge in [0.05, 0.1) is 0 Å². The highest BCUT2D eigenvalue weighted by molar-refractivity contribution is 6.31. The summed E-state index contributed by atoms with van der Waals surface area (Å²) < 4.78 is 0. The van der Waals surface area contributed by atoms with E-state index in [1.807, 2.05) is 26.8 Å². The van der Waals surface area contributed by atoms with Gasteiger partial charge in [-0.15, -0.1) is 0 Å². The summed E-state index contributed by atoms with van der Waals surface area (Å²) >= 11 is 5.88. The van der Waals surface area contributed by atoms with Crippen molar-refractivity contribution in [2.24, 2.45) is 5.92 Å². The zero-order valence-corrected chi connectivity index (χ0v) is 9.56. The van der Waals surface area contributed by atoms with Crippen LogP contribution in [0.4, 0.5) is 0 Å². The Morgan fingerprint density at radius 2 is 2.07 bits per heavy atom. The van der Waals surface area contributed by atoms with Crippen molar-refractivity contribution in [3.8, 4) is 0 Å². The zero-order valence-electron chi connectivity index (χ0n) is 8.80. The van der Waals surface area contributed by atoms with E-state index in [9.17, 15) is 4.79 Å². The van der Waals surface area contributed by atoms with Gasteiger partial charge in [0.1, 0.15) is 0 Å². The number of carbonyl (C=O) groups excluding carboxylic acids is 1. The molecule has 0 saturated carbocycles. The Balaban J connectivity index is 2.86. The molecule has 1 rings (SSSR count). The lowest BCUT2D eigenvalue weighted by atomic mass is 10.00. The third-order valence-electron chi connectivity index (χ3n) is 2.07. The topological polar surface area (TPSA) is 17.1 Å². The van der Waals surface area contributed by atoms with Gasteiger partial charge < -0.3 is 0 Å². The average molecular weight is 211 g/mol. The Labute approximate surface area is 90.1 Å². The number of hydrogen-bond donors (Lipinski definition) is 0. The van der Waals surface area contributed by atoms with Crippen molar-refractivity contribution < 1.29 is 4.79 Å². The number of benzene rings is 1. The van der Waals surface area contributed by atoms with Crippen LogP contribution in [0.5, 0.6) is 0 Å².